The highest BCUT2D eigenvalue weighted by molar-refractivity contribution is 9.10. The van der Waals surface area contributed by atoms with E-state index in [2.05, 4.69) is 26.0 Å². The lowest BCUT2D eigenvalue weighted by Crippen LogP contribution is -2.14. The number of hydrogen-bond donors (Lipinski definition) is 1. The van der Waals surface area contributed by atoms with E-state index in [0.717, 1.165) is 20.1 Å². The molecule has 8 heteroatoms. The fourth-order valence-corrected chi connectivity index (χ4v) is 4.38. The average molecular weight is 383 g/mol. The first-order valence-corrected chi connectivity index (χ1v) is 8.66. The van der Waals surface area contributed by atoms with Gasteiger partial charge in [0.05, 0.1) is 5.75 Å². The van der Waals surface area contributed by atoms with Crippen molar-refractivity contribution in [3.8, 4) is 0 Å². The summed E-state index contributed by atoms with van der Waals surface area (Å²) in [5, 5.41) is 5.18. The predicted molar refractivity (Wildman–Crippen MR) is 90.0 cm³/mol. The molecule has 0 saturated carbocycles. The number of nitrogen functional groups attached to an aromatic ring is 1. The fourth-order valence-electron chi connectivity index (χ4n) is 1.79. The molecule has 0 amide bonds. The number of nitrogens with zero attached hydrogens (tertiary/aromatic N) is 3. The van der Waals surface area contributed by atoms with Gasteiger partial charge in [-0.1, -0.05) is 11.3 Å². The van der Waals surface area contributed by atoms with Crippen LogP contribution >= 0.6 is 39.0 Å². The molecule has 1 aromatic carbocycles. The highest BCUT2D eigenvalue weighted by atomic mass is 79.9. The lowest BCUT2D eigenvalue weighted by Gasteiger charge is -2.03. The van der Waals surface area contributed by atoms with E-state index in [1.807, 2.05) is 18.2 Å². The van der Waals surface area contributed by atoms with Gasteiger partial charge >= 0.3 is 0 Å². The van der Waals surface area contributed by atoms with E-state index in [4.69, 9.17) is 5.73 Å². The first-order chi connectivity index (χ1) is 10.0. The number of fused-ring (bicyclic) bond motifs is 1. The highest BCUT2D eigenvalue weighted by Crippen LogP contribution is 2.32. The normalized spacial score (nSPS) is 11.1. The minimum atomic E-state index is -0.140. The van der Waals surface area contributed by atoms with Gasteiger partial charge in [0.15, 0.2) is 0 Å². The van der Waals surface area contributed by atoms with Gasteiger partial charge in [-0.2, -0.15) is 9.61 Å². The van der Waals surface area contributed by atoms with Crippen LogP contribution in [-0.4, -0.2) is 14.6 Å². The fraction of sp³-hybridized carbons (Fsp3) is 0.154. The molecular weight excluding hydrogens is 372 g/mol. The Morgan fingerprint density at radius 3 is 3.00 bits per heavy atom. The second kappa shape index (κ2) is 5.78. The van der Waals surface area contributed by atoms with E-state index in [1.165, 1.54) is 21.9 Å². The number of benzene rings is 1. The zero-order chi connectivity index (χ0) is 15.0. The summed E-state index contributed by atoms with van der Waals surface area (Å²) in [6.45, 7) is 1.81. The van der Waals surface area contributed by atoms with E-state index in [0.29, 0.717) is 16.4 Å². The van der Waals surface area contributed by atoms with Gasteiger partial charge in [0.25, 0.3) is 5.56 Å². The van der Waals surface area contributed by atoms with Crippen molar-refractivity contribution < 1.29 is 0 Å². The molecule has 0 fully saturated rings. The van der Waals surface area contributed by atoms with Crippen molar-refractivity contribution in [3.63, 3.8) is 0 Å². The average Bonchev–Trinajstić information content (AvgIpc) is 2.81. The molecule has 0 aliphatic rings. The molecule has 0 bridgehead atoms. The number of rotatable bonds is 3. The number of aromatic nitrogens is 3. The molecule has 2 aromatic heterocycles. The van der Waals surface area contributed by atoms with Gasteiger partial charge < -0.3 is 5.73 Å². The van der Waals surface area contributed by atoms with Crippen molar-refractivity contribution in [2.45, 2.75) is 17.6 Å². The SMILES string of the molecule is Cc1cc(=O)n2nc(CSc3ccc(N)cc3Br)sc2n1. The minimum absolute atomic E-state index is 0.140. The number of nitrogens with two attached hydrogens (primary N) is 1. The van der Waals surface area contributed by atoms with Crippen LogP contribution in [0.5, 0.6) is 0 Å². The third-order valence-corrected chi connectivity index (χ3v) is 5.82. The summed E-state index contributed by atoms with van der Waals surface area (Å²) in [6.07, 6.45) is 0. The Labute approximate surface area is 137 Å². The van der Waals surface area contributed by atoms with Gasteiger partial charge in [-0.15, -0.1) is 11.8 Å². The molecule has 0 aliphatic heterocycles. The van der Waals surface area contributed by atoms with Gasteiger partial charge in [0.2, 0.25) is 4.96 Å². The first-order valence-electron chi connectivity index (χ1n) is 6.07. The first kappa shape index (κ1) is 14.6. The highest BCUT2D eigenvalue weighted by Gasteiger charge is 2.09. The molecule has 3 aromatic rings. The summed E-state index contributed by atoms with van der Waals surface area (Å²) in [5.74, 6) is 0.676. The zero-order valence-electron chi connectivity index (χ0n) is 11.0. The molecule has 3 rings (SSSR count). The van der Waals surface area contributed by atoms with Crippen molar-refractivity contribution >= 4 is 49.7 Å². The Morgan fingerprint density at radius 1 is 1.43 bits per heavy atom. The lowest BCUT2D eigenvalue weighted by molar-refractivity contribution is 0.870. The van der Waals surface area contributed by atoms with Crippen molar-refractivity contribution in [2.24, 2.45) is 0 Å². The summed E-state index contributed by atoms with van der Waals surface area (Å²) in [5.41, 5.74) is 7.01. The van der Waals surface area contributed by atoms with Crippen LogP contribution in [0.1, 0.15) is 10.7 Å². The molecule has 0 spiro atoms. The molecule has 2 heterocycles. The zero-order valence-corrected chi connectivity index (χ0v) is 14.3. The largest absolute Gasteiger partial charge is 0.399 e. The quantitative estimate of drug-likeness (QED) is 0.556. The monoisotopic (exact) mass is 382 g/mol. The van der Waals surface area contributed by atoms with Crippen LogP contribution in [0.4, 0.5) is 5.69 Å². The summed E-state index contributed by atoms with van der Waals surface area (Å²) < 4.78 is 2.31. The maximum atomic E-state index is 11.8. The van der Waals surface area contributed by atoms with Crippen LogP contribution in [0.15, 0.2) is 38.4 Å². The van der Waals surface area contributed by atoms with Gasteiger partial charge in [-0.3, -0.25) is 4.79 Å². The van der Waals surface area contributed by atoms with Crippen LogP contribution in [0, 0.1) is 6.92 Å². The number of anilines is 1. The smallest absolute Gasteiger partial charge is 0.275 e. The number of thioether (sulfide) groups is 1. The Balaban J connectivity index is 1.85. The second-order valence-electron chi connectivity index (χ2n) is 4.40. The molecule has 2 N–H and O–H groups in total. The van der Waals surface area contributed by atoms with Crippen molar-refractivity contribution in [2.75, 3.05) is 5.73 Å². The standard InChI is InChI=1S/C13H11BrN4OS2/c1-7-4-12(19)18-13(16-7)21-11(17-18)6-20-10-3-2-8(15)5-9(10)14/h2-5H,6,15H2,1H3. The second-order valence-corrected chi connectivity index (χ2v) is 7.32. The Kier molecular flexibility index (Phi) is 4.01. The van der Waals surface area contributed by atoms with E-state index in [9.17, 15) is 4.79 Å². The van der Waals surface area contributed by atoms with Gasteiger partial charge in [-0.05, 0) is 41.1 Å². The van der Waals surface area contributed by atoms with Crippen LogP contribution < -0.4 is 11.3 Å². The van der Waals surface area contributed by atoms with Gasteiger partial charge in [-0.25, -0.2) is 4.98 Å². The van der Waals surface area contributed by atoms with E-state index >= 15 is 0 Å². The van der Waals surface area contributed by atoms with Crippen molar-refractivity contribution in [1.29, 1.82) is 0 Å². The molecule has 5 nitrogen and oxygen atoms in total. The van der Waals surface area contributed by atoms with Gasteiger partial charge in [0.1, 0.15) is 5.01 Å². The number of halogens is 1. The summed E-state index contributed by atoms with van der Waals surface area (Å²) in [4.78, 5) is 17.9. The molecule has 0 radical (unpaired) electrons. The van der Waals surface area contributed by atoms with Crippen LogP contribution in [0.2, 0.25) is 0 Å². The van der Waals surface area contributed by atoms with Crippen LogP contribution in [0.25, 0.3) is 4.96 Å². The Hall–Kier alpha value is -1.38. The maximum Gasteiger partial charge on any atom is 0.275 e. The van der Waals surface area contributed by atoms with E-state index in [-0.39, 0.29) is 5.56 Å². The Bertz CT molecular complexity index is 874. The topological polar surface area (TPSA) is 73.3 Å². The molecule has 0 aliphatic carbocycles. The number of hydrogen-bond acceptors (Lipinski definition) is 6. The summed E-state index contributed by atoms with van der Waals surface area (Å²) in [6, 6.07) is 7.18. The molecule has 108 valence electrons. The maximum absolute atomic E-state index is 11.8. The van der Waals surface area contributed by atoms with Crippen LogP contribution in [-0.2, 0) is 5.75 Å². The molecule has 21 heavy (non-hydrogen) atoms. The van der Waals surface area contributed by atoms with E-state index < -0.39 is 0 Å². The van der Waals surface area contributed by atoms with Crippen molar-refractivity contribution in [3.05, 3.63) is 49.8 Å². The Morgan fingerprint density at radius 2 is 2.24 bits per heavy atom. The summed E-state index contributed by atoms with van der Waals surface area (Å²) >= 11 is 6.56. The molecule has 0 atom stereocenters. The minimum Gasteiger partial charge on any atom is -0.399 e. The van der Waals surface area contributed by atoms with E-state index in [1.54, 1.807) is 18.7 Å². The molecular formula is C13H11BrN4OS2. The van der Waals surface area contributed by atoms with Crippen molar-refractivity contribution in [1.82, 2.24) is 14.6 Å². The summed E-state index contributed by atoms with van der Waals surface area (Å²) in [7, 11) is 0. The predicted octanol–water partition coefficient (Wildman–Crippen LogP) is 3.10. The van der Waals surface area contributed by atoms with Crippen LogP contribution in [0.3, 0.4) is 0 Å². The lowest BCUT2D eigenvalue weighted by atomic mass is 10.3. The third-order valence-electron chi connectivity index (χ3n) is 2.72. The van der Waals surface area contributed by atoms with Gasteiger partial charge in [0, 0.05) is 26.8 Å². The molecule has 0 unspecified atom stereocenters. The molecule has 0 saturated heterocycles. The third kappa shape index (κ3) is 3.12. The number of aryl methyl sites for hydroxylation is 1.